The van der Waals surface area contributed by atoms with Crippen LogP contribution in [-0.4, -0.2) is 5.71 Å². The van der Waals surface area contributed by atoms with E-state index in [4.69, 9.17) is 5.41 Å². The van der Waals surface area contributed by atoms with Gasteiger partial charge in [0.15, 0.2) is 0 Å². The first-order valence-electron chi connectivity index (χ1n) is 6.04. The Kier molecular flexibility index (Phi) is 3.01. The van der Waals surface area contributed by atoms with Crippen LogP contribution in [0.25, 0.3) is 5.57 Å². The summed E-state index contributed by atoms with van der Waals surface area (Å²) in [6.07, 6.45) is 7.38. The highest BCUT2D eigenvalue weighted by atomic mass is 14.5. The highest BCUT2D eigenvalue weighted by molar-refractivity contribution is 6.05. The van der Waals surface area contributed by atoms with E-state index in [9.17, 15) is 0 Å². The van der Waals surface area contributed by atoms with Crippen LogP contribution in [0.2, 0.25) is 0 Å². The van der Waals surface area contributed by atoms with Crippen LogP contribution in [0.15, 0.2) is 42.5 Å². The van der Waals surface area contributed by atoms with Crippen LogP contribution >= 0.6 is 0 Å². The summed E-state index contributed by atoms with van der Waals surface area (Å²) in [5.41, 5.74) is 4.19. The second-order valence-corrected chi connectivity index (χ2v) is 5.49. The van der Waals surface area contributed by atoms with Crippen molar-refractivity contribution in [3.8, 4) is 0 Å². The third-order valence-electron chi connectivity index (χ3n) is 3.06. The maximum absolute atomic E-state index is 8.34. The van der Waals surface area contributed by atoms with Crippen LogP contribution in [0.1, 0.15) is 38.3 Å². The third-order valence-corrected chi connectivity index (χ3v) is 3.06. The van der Waals surface area contributed by atoms with Gasteiger partial charge in [0.05, 0.1) is 0 Å². The van der Waals surface area contributed by atoms with Crippen LogP contribution in [0.4, 0.5) is 0 Å². The molecule has 0 fully saturated rings. The molecule has 0 spiro atoms. The van der Waals surface area contributed by atoms with E-state index in [-0.39, 0.29) is 5.41 Å². The standard InChI is InChI=1S/C16H19N/c1-16(2,3)15(17)14-11-7-6-10-13(14)12-8-4-5-9-12/h4-8,10-11,17H,9H2,1-3H3. The van der Waals surface area contributed by atoms with Crippen molar-refractivity contribution >= 4 is 11.3 Å². The quantitative estimate of drug-likeness (QED) is 0.719. The van der Waals surface area contributed by atoms with E-state index in [0.29, 0.717) is 5.71 Å². The number of benzene rings is 1. The zero-order chi connectivity index (χ0) is 12.5. The second-order valence-electron chi connectivity index (χ2n) is 5.49. The highest BCUT2D eigenvalue weighted by Crippen LogP contribution is 2.30. The summed E-state index contributed by atoms with van der Waals surface area (Å²) in [5.74, 6) is 0. The smallest absolute Gasteiger partial charge is 0.0445 e. The van der Waals surface area contributed by atoms with E-state index in [1.165, 1.54) is 11.1 Å². The molecule has 0 unspecified atom stereocenters. The van der Waals surface area contributed by atoms with Crippen molar-refractivity contribution in [2.75, 3.05) is 0 Å². The molecule has 17 heavy (non-hydrogen) atoms. The van der Waals surface area contributed by atoms with Crippen LogP contribution in [0.3, 0.4) is 0 Å². The Bertz CT molecular complexity index is 499. The minimum absolute atomic E-state index is 0.108. The summed E-state index contributed by atoms with van der Waals surface area (Å²) in [6, 6.07) is 8.24. The maximum Gasteiger partial charge on any atom is 0.0445 e. The molecule has 0 amide bonds. The van der Waals surface area contributed by atoms with Gasteiger partial charge < -0.3 is 5.41 Å². The summed E-state index contributed by atoms with van der Waals surface area (Å²) in [7, 11) is 0. The van der Waals surface area contributed by atoms with Gasteiger partial charge in [-0.05, 0) is 17.6 Å². The fourth-order valence-corrected chi connectivity index (χ4v) is 2.03. The Balaban J connectivity index is 2.45. The fourth-order valence-electron chi connectivity index (χ4n) is 2.03. The maximum atomic E-state index is 8.34. The molecule has 0 aromatic heterocycles. The molecule has 88 valence electrons. The largest absolute Gasteiger partial charge is 0.304 e. The summed E-state index contributed by atoms with van der Waals surface area (Å²) in [4.78, 5) is 0. The molecule has 0 radical (unpaired) electrons. The lowest BCUT2D eigenvalue weighted by atomic mass is 9.82. The molecule has 1 aliphatic carbocycles. The van der Waals surface area contributed by atoms with Crippen molar-refractivity contribution in [1.29, 1.82) is 5.41 Å². The molecule has 1 aromatic rings. The lowest BCUT2D eigenvalue weighted by Gasteiger charge is -2.22. The lowest BCUT2D eigenvalue weighted by molar-refractivity contribution is 0.588. The molecule has 0 bridgehead atoms. The average Bonchev–Trinajstić information content (AvgIpc) is 2.80. The number of rotatable bonds is 2. The summed E-state index contributed by atoms with van der Waals surface area (Å²) in [5, 5.41) is 8.34. The fraction of sp³-hybridized carbons (Fsp3) is 0.312. The summed E-state index contributed by atoms with van der Waals surface area (Å²) >= 11 is 0. The van der Waals surface area contributed by atoms with Gasteiger partial charge >= 0.3 is 0 Å². The van der Waals surface area contributed by atoms with Gasteiger partial charge in [0.25, 0.3) is 0 Å². The molecule has 2 rings (SSSR count). The zero-order valence-corrected chi connectivity index (χ0v) is 10.7. The predicted octanol–water partition coefficient (Wildman–Crippen LogP) is 4.44. The number of allylic oxidation sites excluding steroid dienone is 4. The monoisotopic (exact) mass is 225 g/mol. The average molecular weight is 225 g/mol. The van der Waals surface area contributed by atoms with E-state index >= 15 is 0 Å². The van der Waals surface area contributed by atoms with Crippen LogP contribution in [0.5, 0.6) is 0 Å². The van der Waals surface area contributed by atoms with Gasteiger partial charge in [-0.15, -0.1) is 0 Å². The first-order chi connectivity index (χ1) is 8.00. The minimum Gasteiger partial charge on any atom is -0.304 e. The molecule has 0 aliphatic heterocycles. The molecule has 1 nitrogen and oxygen atoms in total. The van der Waals surface area contributed by atoms with Crippen molar-refractivity contribution in [1.82, 2.24) is 0 Å². The molecule has 0 saturated carbocycles. The molecule has 1 heteroatoms. The van der Waals surface area contributed by atoms with E-state index < -0.39 is 0 Å². The first kappa shape index (κ1) is 11.8. The molecular weight excluding hydrogens is 206 g/mol. The first-order valence-corrected chi connectivity index (χ1v) is 6.04. The Morgan fingerprint density at radius 3 is 2.47 bits per heavy atom. The van der Waals surface area contributed by atoms with Gasteiger partial charge in [0.1, 0.15) is 0 Å². The van der Waals surface area contributed by atoms with Gasteiger partial charge in [0.2, 0.25) is 0 Å². The highest BCUT2D eigenvalue weighted by Gasteiger charge is 2.22. The van der Waals surface area contributed by atoms with Crippen molar-refractivity contribution in [3.05, 3.63) is 53.6 Å². The van der Waals surface area contributed by atoms with E-state index in [0.717, 1.165) is 12.0 Å². The lowest BCUT2D eigenvalue weighted by Crippen LogP contribution is -2.21. The van der Waals surface area contributed by atoms with E-state index in [1.807, 2.05) is 12.1 Å². The van der Waals surface area contributed by atoms with Crippen molar-refractivity contribution in [3.63, 3.8) is 0 Å². The van der Waals surface area contributed by atoms with Crippen LogP contribution < -0.4 is 0 Å². The molecule has 0 saturated heterocycles. The van der Waals surface area contributed by atoms with Crippen molar-refractivity contribution < 1.29 is 0 Å². The molecule has 1 aliphatic rings. The number of hydrogen-bond donors (Lipinski definition) is 1. The molecular formula is C16H19N. The van der Waals surface area contributed by atoms with Crippen molar-refractivity contribution in [2.24, 2.45) is 5.41 Å². The van der Waals surface area contributed by atoms with E-state index in [1.54, 1.807) is 0 Å². The predicted molar refractivity (Wildman–Crippen MR) is 74.5 cm³/mol. The third kappa shape index (κ3) is 2.38. The second kappa shape index (κ2) is 4.33. The van der Waals surface area contributed by atoms with Crippen LogP contribution in [-0.2, 0) is 0 Å². The number of hydrogen-bond acceptors (Lipinski definition) is 1. The molecule has 1 N–H and O–H groups in total. The SMILES string of the molecule is CC(C)(C)C(=N)c1ccccc1C1=CC=CC1. The van der Waals surface area contributed by atoms with Gasteiger partial charge in [-0.3, -0.25) is 0 Å². The van der Waals surface area contributed by atoms with Gasteiger partial charge in [0, 0.05) is 16.7 Å². The van der Waals surface area contributed by atoms with Gasteiger partial charge in [-0.2, -0.15) is 0 Å². The molecule has 0 heterocycles. The Hall–Kier alpha value is -1.63. The van der Waals surface area contributed by atoms with Crippen LogP contribution in [0, 0.1) is 10.8 Å². The number of nitrogens with one attached hydrogen (secondary N) is 1. The van der Waals surface area contributed by atoms with Crippen molar-refractivity contribution in [2.45, 2.75) is 27.2 Å². The normalized spacial score (nSPS) is 14.9. The van der Waals surface area contributed by atoms with Gasteiger partial charge in [-0.1, -0.05) is 63.3 Å². The zero-order valence-electron chi connectivity index (χ0n) is 10.7. The Morgan fingerprint density at radius 2 is 1.88 bits per heavy atom. The summed E-state index contributed by atoms with van der Waals surface area (Å²) in [6.45, 7) is 6.27. The minimum atomic E-state index is -0.108. The Morgan fingerprint density at radius 1 is 1.18 bits per heavy atom. The van der Waals surface area contributed by atoms with Gasteiger partial charge in [-0.25, -0.2) is 0 Å². The molecule has 1 aromatic carbocycles. The molecule has 0 atom stereocenters. The van der Waals surface area contributed by atoms with E-state index in [2.05, 4.69) is 51.1 Å². The summed E-state index contributed by atoms with van der Waals surface area (Å²) < 4.78 is 0. The topological polar surface area (TPSA) is 23.9 Å². The Labute approximate surface area is 103 Å².